The number of aromatic amines is 1. The molecule has 0 aliphatic rings. The largest absolute Gasteiger partial charge is 0.494 e. The Bertz CT molecular complexity index is 1290. The fraction of sp³-hybridized carbons (Fsp3) is 0.227. The molecule has 0 spiro atoms. The number of H-pyrrole nitrogens is 1. The van der Waals surface area contributed by atoms with E-state index in [1.54, 1.807) is 10.6 Å². The first-order valence-electron chi connectivity index (χ1n) is 9.66. The number of aryl methyl sites for hydroxylation is 1. The minimum absolute atomic E-state index is 0.0540. The molecule has 8 heteroatoms. The number of thiazole rings is 1. The second-order valence-corrected chi connectivity index (χ2v) is 7.88. The number of ether oxygens (including phenoxy) is 1. The highest BCUT2D eigenvalue weighted by molar-refractivity contribution is 7.09. The molecule has 0 aliphatic carbocycles. The number of nitrogens with one attached hydrogen (secondary N) is 1. The van der Waals surface area contributed by atoms with E-state index in [1.807, 2.05) is 49.4 Å². The van der Waals surface area contributed by atoms with Gasteiger partial charge in [0.2, 0.25) is 5.88 Å². The van der Waals surface area contributed by atoms with Crippen LogP contribution in [0.2, 0.25) is 0 Å². The second-order valence-electron chi connectivity index (χ2n) is 6.81. The van der Waals surface area contributed by atoms with E-state index in [0.717, 1.165) is 22.7 Å². The summed E-state index contributed by atoms with van der Waals surface area (Å²) in [6.45, 7) is 2.73. The zero-order valence-electron chi connectivity index (χ0n) is 16.4. The standard InChI is InChI=1S/C22H21N3O4S/c1-2-19-23-17-6-4-3-5-16(17)21(27)25(19)11-12-29-15-9-7-14(8-10-15)13-18-20(26)24-22(28)30-18/h3-10,26H,2,11-13H2,1H3,(H,24,28). The number of hydrogen-bond donors (Lipinski definition) is 2. The van der Waals surface area contributed by atoms with Crippen LogP contribution in [0.25, 0.3) is 10.9 Å². The van der Waals surface area contributed by atoms with Crippen molar-refractivity contribution < 1.29 is 9.84 Å². The lowest BCUT2D eigenvalue weighted by molar-refractivity contribution is 0.294. The summed E-state index contributed by atoms with van der Waals surface area (Å²) in [6.07, 6.45) is 1.13. The molecule has 0 saturated heterocycles. The maximum atomic E-state index is 12.8. The molecule has 0 atom stereocenters. The minimum atomic E-state index is -0.271. The maximum Gasteiger partial charge on any atom is 0.307 e. The first-order chi connectivity index (χ1) is 14.5. The molecule has 0 radical (unpaired) electrons. The smallest absolute Gasteiger partial charge is 0.307 e. The van der Waals surface area contributed by atoms with Crippen LogP contribution in [0.4, 0.5) is 0 Å². The summed E-state index contributed by atoms with van der Waals surface area (Å²) >= 11 is 1.000. The highest BCUT2D eigenvalue weighted by atomic mass is 32.1. The molecule has 4 aromatic rings. The Morgan fingerprint density at radius 2 is 1.90 bits per heavy atom. The van der Waals surface area contributed by atoms with Crippen molar-refractivity contribution in [2.45, 2.75) is 26.3 Å². The Labute approximate surface area is 176 Å². The van der Waals surface area contributed by atoms with Gasteiger partial charge in [0.1, 0.15) is 18.2 Å². The van der Waals surface area contributed by atoms with Crippen molar-refractivity contribution >= 4 is 22.2 Å². The summed E-state index contributed by atoms with van der Waals surface area (Å²) in [4.78, 5) is 31.4. The molecule has 0 fully saturated rings. The number of para-hydroxylation sites is 1. The van der Waals surface area contributed by atoms with Gasteiger partial charge in [0.15, 0.2) is 0 Å². The van der Waals surface area contributed by atoms with Gasteiger partial charge < -0.3 is 9.84 Å². The third kappa shape index (κ3) is 4.13. The lowest BCUT2D eigenvalue weighted by Crippen LogP contribution is -2.27. The molecule has 0 amide bonds. The van der Waals surface area contributed by atoms with Gasteiger partial charge in [-0.05, 0) is 29.8 Å². The Morgan fingerprint density at radius 3 is 2.60 bits per heavy atom. The number of aromatic hydroxyl groups is 1. The Balaban J connectivity index is 1.43. The van der Waals surface area contributed by atoms with E-state index in [1.165, 1.54) is 0 Å². The fourth-order valence-corrected chi connectivity index (χ4v) is 4.09. The first-order valence-corrected chi connectivity index (χ1v) is 10.5. The molecular weight excluding hydrogens is 402 g/mol. The minimum Gasteiger partial charge on any atom is -0.494 e. The summed E-state index contributed by atoms with van der Waals surface area (Å²) in [5, 5.41) is 10.3. The number of aromatic nitrogens is 3. The predicted molar refractivity (Wildman–Crippen MR) is 117 cm³/mol. The van der Waals surface area contributed by atoms with Crippen LogP contribution in [0.3, 0.4) is 0 Å². The van der Waals surface area contributed by atoms with Crippen LogP contribution in [0.5, 0.6) is 11.6 Å². The van der Waals surface area contributed by atoms with E-state index in [-0.39, 0.29) is 16.3 Å². The number of nitrogens with zero attached hydrogens (tertiary/aromatic N) is 2. The van der Waals surface area contributed by atoms with Gasteiger partial charge in [-0.15, -0.1) is 0 Å². The summed E-state index contributed by atoms with van der Waals surface area (Å²) < 4.78 is 7.49. The van der Waals surface area contributed by atoms with Gasteiger partial charge in [-0.3, -0.25) is 19.1 Å². The Morgan fingerprint density at radius 1 is 1.13 bits per heavy atom. The molecule has 2 N–H and O–H groups in total. The zero-order valence-corrected chi connectivity index (χ0v) is 17.2. The van der Waals surface area contributed by atoms with Crippen molar-refractivity contribution in [2.24, 2.45) is 0 Å². The van der Waals surface area contributed by atoms with Gasteiger partial charge >= 0.3 is 4.87 Å². The van der Waals surface area contributed by atoms with Crippen LogP contribution >= 0.6 is 11.3 Å². The third-order valence-corrected chi connectivity index (χ3v) is 5.70. The fourth-order valence-electron chi connectivity index (χ4n) is 3.33. The maximum absolute atomic E-state index is 12.8. The topological polar surface area (TPSA) is 97.2 Å². The van der Waals surface area contributed by atoms with Crippen LogP contribution in [-0.2, 0) is 19.4 Å². The van der Waals surface area contributed by atoms with Crippen LogP contribution < -0.4 is 15.2 Å². The number of fused-ring (bicyclic) bond motifs is 1. The second kappa shape index (κ2) is 8.54. The zero-order chi connectivity index (χ0) is 21.1. The van der Waals surface area contributed by atoms with E-state index in [0.29, 0.717) is 47.5 Å². The van der Waals surface area contributed by atoms with E-state index in [9.17, 15) is 14.7 Å². The molecular formula is C22H21N3O4S. The Hall–Kier alpha value is -3.39. The predicted octanol–water partition coefficient (Wildman–Crippen LogP) is 3.08. The van der Waals surface area contributed by atoms with Gasteiger partial charge in [-0.2, -0.15) is 0 Å². The van der Waals surface area contributed by atoms with Crippen molar-refractivity contribution in [2.75, 3.05) is 6.61 Å². The normalized spacial score (nSPS) is 11.1. The lowest BCUT2D eigenvalue weighted by Gasteiger charge is -2.13. The Kier molecular flexibility index (Phi) is 5.67. The van der Waals surface area contributed by atoms with E-state index in [4.69, 9.17) is 4.74 Å². The molecule has 0 unspecified atom stereocenters. The summed E-state index contributed by atoms with van der Waals surface area (Å²) in [5.74, 6) is 1.35. The summed E-state index contributed by atoms with van der Waals surface area (Å²) in [5.41, 5.74) is 1.61. The molecule has 30 heavy (non-hydrogen) atoms. The van der Waals surface area contributed by atoms with Crippen molar-refractivity contribution in [1.29, 1.82) is 0 Å². The SMILES string of the molecule is CCc1nc2ccccc2c(=O)n1CCOc1ccc(Cc2sc(=O)[nH]c2O)cc1. The number of rotatable bonds is 7. The number of benzene rings is 2. The van der Waals surface area contributed by atoms with Gasteiger partial charge in [0.05, 0.1) is 22.3 Å². The molecule has 0 aliphatic heterocycles. The van der Waals surface area contributed by atoms with Crippen molar-refractivity contribution in [3.05, 3.63) is 84.8 Å². The van der Waals surface area contributed by atoms with Gasteiger partial charge in [0, 0.05) is 12.8 Å². The molecule has 2 heterocycles. The van der Waals surface area contributed by atoms with Crippen LogP contribution in [0.15, 0.2) is 58.1 Å². The molecule has 4 rings (SSSR count). The van der Waals surface area contributed by atoms with Crippen molar-refractivity contribution in [3.63, 3.8) is 0 Å². The van der Waals surface area contributed by atoms with Gasteiger partial charge in [-0.1, -0.05) is 42.5 Å². The summed E-state index contributed by atoms with van der Waals surface area (Å²) in [6, 6.07) is 14.8. The number of hydrogen-bond acceptors (Lipinski definition) is 6. The van der Waals surface area contributed by atoms with Crippen molar-refractivity contribution in [1.82, 2.24) is 14.5 Å². The highest BCUT2D eigenvalue weighted by Gasteiger charge is 2.10. The van der Waals surface area contributed by atoms with E-state index >= 15 is 0 Å². The highest BCUT2D eigenvalue weighted by Crippen LogP contribution is 2.21. The first kappa shape index (κ1) is 19.9. The average Bonchev–Trinajstić information content (AvgIpc) is 3.07. The monoisotopic (exact) mass is 423 g/mol. The lowest BCUT2D eigenvalue weighted by atomic mass is 10.1. The van der Waals surface area contributed by atoms with Crippen molar-refractivity contribution in [3.8, 4) is 11.6 Å². The summed E-state index contributed by atoms with van der Waals surface area (Å²) in [7, 11) is 0. The molecule has 0 saturated carbocycles. The quantitative estimate of drug-likeness (QED) is 0.476. The average molecular weight is 423 g/mol. The van der Waals surface area contributed by atoms with Gasteiger partial charge in [0.25, 0.3) is 5.56 Å². The van der Waals surface area contributed by atoms with E-state index < -0.39 is 0 Å². The van der Waals surface area contributed by atoms with Crippen LogP contribution in [0.1, 0.15) is 23.2 Å². The molecule has 2 aromatic carbocycles. The van der Waals surface area contributed by atoms with E-state index in [2.05, 4.69) is 9.97 Å². The molecule has 0 bridgehead atoms. The van der Waals surface area contributed by atoms with Crippen LogP contribution in [-0.4, -0.2) is 26.2 Å². The molecule has 2 aromatic heterocycles. The molecule has 7 nitrogen and oxygen atoms in total. The van der Waals surface area contributed by atoms with Crippen LogP contribution in [0, 0.1) is 0 Å². The third-order valence-electron chi connectivity index (χ3n) is 4.83. The molecule has 154 valence electrons. The van der Waals surface area contributed by atoms with Gasteiger partial charge in [-0.25, -0.2) is 4.98 Å².